The first-order valence-electron chi connectivity index (χ1n) is 6.14. The second-order valence-electron chi connectivity index (χ2n) is 5.02. The van der Waals surface area contributed by atoms with Crippen LogP contribution < -0.4 is 5.32 Å². The predicted octanol–water partition coefficient (Wildman–Crippen LogP) is 2.49. The van der Waals surface area contributed by atoms with Crippen molar-refractivity contribution in [2.45, 2.75) is 24.8 Å². The van der Waals surface area contributed by atoms with Gasteiger partial charge in [0, 0.05) is 0 Å². The first-order valence-corrected chi connectivity index (χ1v) is 6.14. The van der Waals surface area contributed by atoms with Crippen molar-refractivity contribution < 1.29 is 31.5 Å². The molecule has 1 aromatic carbocycles. The van der Waals surface area contributed by atoms with E-state index in [0.29, 0.717) is 0 Å². The van der Waals surface area contributed by atoms with Gasteiger partial charge in [-0.3, -0.25) is 9.69 Å². The van der Waals surface area contributed by atoms with Crippen molar-refractivity contribution in [3.63, 3.8) is 0 Å². The number of amides is 3. The fourth-order valence-electron chi connectivity index (χ4n) is 2.10. The van der Waals surface area contributed by atoms with Gasteiger partial charge in [-0.25, -0.2) is 18.0 Å². The van der Waals surface area contributed by atoms with Crippen molar-refractivity contribution in [1.82, 2.24) is 10.2 Å². The zero-order valence-corrected chi connectivity index (χ0v) is 11.2. The van der Waals surface area contributed by atoms with Crippen LogP contribution in [0.1, 0.15) is 12.5 Å². The third-order valence-corrected chi connectivity index (χ3v) is 3.38. The maximum absolute atomic E-state index is 13.1. The second kappa shape index (κ2) is 5.22. The highest BCUT2D eigenvalue weighted by Crippen LogP contribution is 2.32. The number of carbonyl (C=O) groups excluding carboxylic acids is 2. The topological polar surface area (TPSA) is 49.4 Å². The van der Waals surface area contributed by atoms with E-state index in [4.69, 9.17) is 0 Å². The van der Waals surface area contributed by atoms with Gasteiger partial charge in [0.15, 0.2) is 0 Å². The van der Waals surface area contributed by atoms with Gasteiger partial charge in [0.25, 0.3) is 5.91 Å². The molecular formula is C13H11F5N2O2. The lowest BCUT2D eigenvalue weighted by Gasteiger charge is -2.24. The molecule has 120 valence electrons. The summed E-state index contributed by atoms with van der Waals surface area (Å²) in [6.07, 6.45) is -4.01. The second-order valence-corrected chi connectivity index (χ2v) is 5.02. The van der Waals surface area contributed by atoms with Crippen molar-refractivity contribution in [3.8, 4) is 0 Å². The van der Waals surface area contributed by atoms with Gasteiger partial charge >= 0.3 is 18.4 Å². The molecule has 1 aliphatic rings. The van der Waals surface area contributed by atoms with E-state index in [1.165, 1.54) is 19.1 Å². The van der Waals surface area contributed by atoms with Crippen LogP contribution in [-0.4, -0.2) is 35.7 Å². The van der Waals surface area contributed by atoms with Crippen LogP contribution in [0.5, 0.6) is 0 Å². The third-order valence-electron chi connectivity index (χ3n) is 3.38. The number of nitrogens with zero attached hydrogens (tertiary/aromatic N) is 1. The molecule has 0 spiro atoms. The molecule has 1 atom stereocenters. The molecule has 0 bridgehead atoms. The van der Waals surface area contributed by atoms with E-state index < -0.39 is 42.2 Å². The Morgan fingerprint density at radius 3 is 2.27 bits per heavy atom. The largest absolute Gasteiger partial charge is 0.325 e. The molecule has 1 N–H and O–H groups in total. The van der Waals surface area contributed by atoms with Gasteiger partial charge < -0.3 is 5.32 Å². The van der Waals surface area contributed by atoms with Crippen LogP contribution in [0.3, 0.4) is 0 Å². The SMILES string of the molecule is CC1(c2ccc(F)cc2)NC(=O)N(CC(F)(F)C(F)F)C1=O. The Kier molecular flexibility index (Phi) is 3.84. The van der Waals surface area contributed by atoms with E-state index in [0.717, 1.165) is 12.1 Å². The highest BCUT2D eigenvalue weighted by molar-refractivity contribution is 6.07. The minimum absolute atomic E-state index is 0.0372. The molecule has 9 heteroatoms. The summed E-state index contributed by atoms with van der Waals surface area (Å²) in [5, 5.41) is 2.16. The number of carbonyl (C=O) groups is 2. The van der Waals surface area contributed by atoms with Crippen LogP contribution in [0, 0.1) is 5.82 Å². The summed E-state index contributed by atoms with van der Waals surface area (Å²) in [4.78, 5) is 23.9. The maximum atomic E-state index is 13.1. The molecule has 0 radical (unpaired) electrons. The Hall–Kier alpha value is -2.19. The number of hydrogen-bond donors (Lipinski definition) is 1. The quantitative estimate of drug-likeness (QED) is 0.684. The summed E-state index contributed by atoms with van der Waals surface area (Å²) in [5.41, 5.74) is -1.57. The molecule has 2 rings (SSSR count). The van der Waals surface area contributed by atoms with E-state index >= 15 is 0 Å². The lowest BCUT2D eigenvalue weighted by Crippen LogP contribution is -2.46. The molecular weight excluding hydrogens is 311 g/mol. The van der Waals surface area contributed by atoms with E-state index in [9.17, 15) is 31.5 Å². The first kappa shape index (κ1) is 16.2. The molecule has 4 nitrogen and oxygen atoms in total. The zero-order chi connectivity index (χ0) is 16.7. The number of halogens is 5. The lowest BCUT2D eigenvalue weighted by molar-refractivity contribution is -0.151. The maximum Gasteiger partial charge on any atom is 0.325 e. The Bertz CT molecular complexity index is 605. The van der Waals surface area contributed by atoms with Gasteiger partial charge in [-0.15, -0.1) is 0 Å². The summed E-state index contributed by atoms with van der Waals surface area (Å²) < 4.78 is 63.5. The highest BCUT2D eigenvalue weighted by atomic mass is 19.3. The van der Waals surface area contributed by atoms with Gasteiger partial charge in [0.05, 0.1) is 0 Å². The summed E-state index contributed by atoms with van der Waals surface area (Å²) in [5.74, 6) is -6.21. The van der Waals surface area contributed by atoms with E-state index in [1.54, 1.807) is 0 Å². The predicted molar refractivity (Wildman–Crippen MR) is 64.9 cm³/mol. The summed E-state index contributed by atoms with van der Waals surface area (Å²) in [7, 11) is 0. The number of rotatable bonds is 4. The van der Waals surface area contributed by atoms with Crippen molar-refractivity contribution in [2.75, 3.05) is 6.54 Å². The van der Waals surface area contributed by atoms with Crippen LogP contribution in [0.15, 0.2) is 24.3 Å². The molecule has 1 unspecified atom stereocenters. The van der Waals surface area contributed by atoms with Crippen molar-refractivity contribution >= 4 is 11.9 Å². The average molecular weight is 322 g/mol. The Balaban J connectivity index is 2.30. The molecule has 1 aromatic rings. The Morgan fingerprint density at radius 1 is 1.23 bits per heavy atom. The van der Waals surface area contributed by atoms with Crippen LogP contribution in [0.2, 0.25) is 0 Å². The minimum Gasteiger partial charge on any atom is -0.319 e. The molecule has 1 saturated heterocycles. The normalized spacial score (nSPS) is 22.4. The van der Waals surface area contributed by atoms with Crippen LogP contribution in [0.4, 0.5) is 26.7 Å². The van der Waals surface area contributed by atoms with Crippen LogP contribution >= 0.6 is 0 Å². The van der Waals surface area contributed by atoms with E-state index in [2.05, 4.69) is 5.32 Å². The smallest absolute Gasteiger partial charge is 0.319 e. The summed E-state index contributed by atoms with van der Waals surface area (Å²) in [6.45, 7) is -0.507. The highest BCUT2D eigenvalue weighted by Gasteiger charge is 2.54. The molecule has 0 aromatic heterocycles. The number of benzene rings is 1. The van der Waals surface area contributed by atoms with Crippen molar-refractivity contribution in [3.05, 3.63) is 35.6 Å². The van der Waals surface area contributed by atoms with Crippen molar-refractivity contribution in [2.24, 2.45) is 0 Å². The molecule has 1 aliphatic heterocycles. The van der Waals surface area contributed by atoms with Gasteiger partial charge in [0.1, 0.15) is 17.9 Å². The van der Waals surface area contributed by atoms with E-state index in [-0.39, 0.29) is 10.5 Å². The fraction of sp³-hybridized carbons (Fsp3) is 0.385. The third kappa shape index (κ3) is 2.62. The molecule has 1 heterocycles. The molecule has 0 saturated carbocycles. The molecule has 1 fully saturated rings. The van der Waals surface area contributed by atoms with Gasteiger partial charge in [-0.1, -0.05) is 12.1 Å². The molecule has 0 aliphatic carbocycles. The first-order chi connectivity index (χ1) is 10.1. The summed E-state index contributed by atoms with van der Waals surface area (Å²) in [6, 6.07) is 3.23. The average Bonchev–Trinajstić information content (AvgIpc) is 2.63. The zero-order valence-electron chi connectivity index (χ0n) is 11.2. The van der Waals surface area contributed by atoms with Gasteiger partial charge in [-0.2, -0.15) is 8.78 Å². The van der Waals surface area contributed by atoms with Crippen LogP contribution in [-0.2, 0) is 10.3 Å². The minimum atomic E-state index is -4.51. The van der Waals surface area contributed by atoms with Crippen molar-refractivity contribution in [1.29, 1.82) is 0 Å². The number of hydrogen-bond acceptors (Lipinski definition) is 2. The van der Waals surface area contributed by atoms with E-state index in [1.807, 2.05) is 0 Å². The number of urea groups is 1. The number of nitrogens with one attached hydrogen (secondary N) is 1. The van der Waals surface area contributed by atoms with Gasteiger partial charge in [0.2, 0.25) is 0 Å². The lowest BCUT2D eigenvalue weighted by atomic mass is 9.92. The Morgan fingerprint density at radius 2 is 1.77 bits per heavy atom. The summed E-state index contributed by atoms with van der Waals surface area (Å²) >= 11 is 0. The fourth-order valence-corrected chi connectivity index (χ4v) is 2.10. The standard InChI is InChI=1S/C13H11F5N2O2/c1-12(7-2-4-8(14)5-3-7)10(21)20(11(22)19-12)6-13(17,18)9(15)16/h2-5,9H,6H2,1H3,(H,19,22). The number of alkyl halides is 4. The number of imide groups is 1. The Labute approximate surface area is 121 Å². The van der Waals surface area contributed by atoms with Gasteiger partial charge in [-0.05, 0) is 24.6 Å². The monoisotopic (exact) mass is 322 g/mol. The van der Waals surface area contributed by atoms with Crippen LogP contribution in [0.25, 0.3) is 0 Å². The molecule has 22 heavy (non-hydrogen) atoms. The molecule has 3 amide bonds.